The summed E-state index contributed by atoms with van der Waals surface area (Å²) in [7, 11) is 0. The molecular weight excluding hydrogens is 290 g/mol. The monoisotopic (exact) mass is 307 g/mol. The van der Waals surface area contributed by atoms with E-state index in [0.29, 0.717) is 16.9 Å². The molecule has 1 fully saturated rings. The van der Waals surface area contributed by atoms with Gasteiger partial charge >= 0.3 is 6.03 Å². The summed E-state index contributed by atoms with van der Waals surface area (Å²) in [4.78, 5) is 20.2. The standard InChI is InChI=1S/C13H17N5O2S/c1-8(15-12(19)17-13-14-6-7-21-13)11-16-10(18-20-11)9-4-2-3-5-9/h6-9H,2-5H2,1H3,(H2,14,15,17,19). The maximum atomic E-state index is 11.8. The number of carbonyl (C=O) groups is 1. The molecule has 1 atom stereocenters. The first kappa shape index (κ1) is 14.0. The minimum absolute atomic E-state index is 0.335. The van der Waals surface area contributed by atoms with Gasteiger partial charge in [-0.1, -0.05) is 18.0 Å². The summed E-state index contributed by atoms with van der Waals surface area (Å²) in [6.07, 6.45) is 6.31. The molecule has 0 saturated heterocycles. The smallest absolute Gasteiger partial charge is 0.321 e. The molecule has 2 amide bonds. The third kappa shape index (κ3) is 3.38. The van der Waals surface area contributed by atoms with E-state index in [-0.39, 0.29) is 12.1 Å². The fourth-order valence-corrected chi connectivity index (χ4v) is 2.97. The number of hydrogen-bond acceptors (Lipinski definition) is 6. The quantitative estimate of drug-likeness (QED) is 0.905. The molecule has 1 unspecified atom stereocenters. The molecular formula is C13H17N5O2S. The van der Waals surface area contributed by atoms with Crippen LogP contribution < -0.4 is 10.6 Å². The number of anilines is 1. The van der Waals surface area contributed by atoms with E-state index in [1.807, 2.05) is 6.92 Å². The Kier molecular flexibility index (Phi) is 4.14. The van der Waals surface area contributed by atoms with Crippen molar-refractivity contribution in [3.63, 3.8) is 0 Å². The van der Waals surface area contributed by atoms with E-state index in [0.717, 1.165) is 18.7 Å². The molecule has 7 nitrogen and oxygen atoms in total. The second-order valence-corrected chi connectivity index (χ2v) is 6.02. The molecule has 0 spiro atoms. The topological polar surface area (TPSA) is 92.9 Å². The molecule has 112 valence electrons. The van der Waals surface area contributed by atoms with Gasteiger partial charge in [0.25, 0.3) is 0 Å². The molecule has 2 aromatic rings. The van der Waals surface area contributed by atoms with Gasteiger partial charge in [0.15, 0.2) is 11.0 Å². The summed E-state index contributed by atoms with van der Waals surface area (Å²) in [5, 5.41) is 11.8. The van der Waals surface area contributed by atoms with E-state index in [4.69, 9.17) is 4.52 Å². The third-order valence-corrected chi connectivity index (χ3v) is 4.24. The first-order chi connectivity index (χ1) is 10.2. The number of carbonyl (C=O) groups excluding carboxylic acids is 1. The lowest BCUT2D eigenvalue weighted by Crippen LogP contribution is -2.31. The van der Waals surface area contributed by atoms with Crippen molar-refractivity contribution in [2.24, 2.45) is 0 Å². The maximum absolute atomic E-state index is 11.8. The van der Waals surface area contributed by atoms with E-state index in [2.05, 4.69) is 25.8 Å². The predicted octanol–water partition coefficient (Wildman–Crippen LogP) is 3.07. The Morgan fingerprint density at radius 3 is 3.00 bits per heavy atom. The van der Waals surface area contributed by atoms with E-state index < -0.39 is 0 Å². The van der Waals surface area contributed by atoms with Crippen molar-refractivity contribution in [2.45, 2.75) is 44.6 Å². The molecule has 0 bridgehead atoms. The van der Waals surface area contributed by atoms with E-state index in [9.17, 15) is 4.79 Å². The normalized spacial score (nSPS) is 16.8. The molecule has 1 aliphatic rings. The molecule has 2 heterocycles. The summed E-state index contributed by atoms with van der Waals surface area (Å²) in [5.41, 5.74) is 0. The molecule has 0 aliphatic heterocycles. The zero-order valence-corrected chi connectivity index (χ0v) is 12.5. The van der Waals surface area contributed by atoms with Gasteiger partial charge in [-0.2, -0.15) is 4.98 Å². The van der Waals surface area contributed by atoms with Gasteiger partial charge in [0.1, 0.15) is 6.04 Å². The van der Waals surface area contributed by atoms with Gasteiger partial charge < -0.3 is 9.84 Å². The summed E-state index contributed by atoms with van der Waals surface area (Å²) in [6.45, 7) is 1.81. The highest BCUT2D eigenvalue weighted by Gasteiger charge is 2.24. The van der Waals surface area contributed by atoms with Crippen molar-refractivity contribution in [3.05, 3.63) is 23.3 Å². The van der Waals surface area contributed by atoms with Gasteiger partial charge in [0.2, 0.25) is 5.89 Å². The van der Waals surface area contributed by atoms with Crippen molar-refractivity contribution in [3.8, 4) is 0 Å². The summed E-state index contributed by atoms with van der Waals surface area (Å²) in [5.74, 6) is 1.60. The van der Waals surface area contributed by atoms with Crippen LogP contribution in [-0.4, -0.2) is 21.2 Å². The Balaban J connectivity index is 1.57. The van der Waals surface area contributed by atoms with Crippen LogP contribution in [0.25, 0.3) is 0 Å². The van der Waals surface area contributed by atoms with Crippen molar-refractivity contribution in [1.82, 2.24) is 20.4 Å². The number of nitrogens with one attached hydrogen (secondary N) is 2. The zero-order chi connectivity index (χ0) is 14.7. The van der Waals surface area contributed by atoms with Crippen LogP contribution in [0.2, 0.25) is 0 Å². The predicted molar refractivity (Wildman–Crippen MR) is 78.2 cm³/mol. The highest BCUT2D eigenvalue weighted by molar-refractivity contribution is 7.13. The lowest BCUT2D eigenvalue weighted by Gasteiger charge is -2.09. The summed E-state index contributed by atoms with van der Waals surface area (Å²) < 4.78 is 5.26. The number of nitrogens with zero attached hydrogens (tertiary/aromatic N) is 3. The van der Waals surface area contributed by atoms with E-state index >= 15 is 0 Å². The molecule has 0 aromatic carbocycles. The number of amides is 2. The van der Waals surface area contributed by atoms with Crippen LogP contribution in [0.15, 0.2) is 16.1 Å². The molecule has 0 radical (unpaired) electrons. The van der Waals surface area contributed by atoms with Crippen molar-refractivity contribution < 1.29 is 9.32 Å². The molecule has 2 aromatic heterocycles. The zero-order valence-electron chi connectivity index (χ0n) is 11.7. The van der Waals surface area contributed by atoms with Crippen LogP contribution in [-0.2, 0) is 0 Å². The number of aromatic nitrogens is 3. The first-order valence-corrected chi connectivity index (χ1v) is 7.91. The van der Waals surface area contributed by atoms with Gasteiger partial charge in [-0.25, -0.2) is 9.78 Å². The van der Waals surface area contributed by atoms with Gasteiger partial charge in [0.05, 0.1) is 0 Å². The first-order valence-electron chi connectivity index (χ1n) is 7.03. The van der Waals surface area contributed by atoms with Crippen molar-refractivity contribution in [1.29, 1.82) is 0 Å². The second kappa shape index (κ2) is 6.21. The summed E-state index contributed by atoms with van der Waals surface area (Å²) >= 11 is 1.36. The molecule has 3 rings (SSSR count). The number of rotatable bonds is 4. The molecule has 21 heavy (non-hydrogen) atoms. The van der Waals surface area contributed by atoms with Crippen LogP contribution in [0.4, 0.5) is 9.93 Å². The SMILES string of the molecule is CC(NC(=O)Nc1nccs1)c1nc(C2CCCC2)no1. The van der Waals surface area contributed by atoms with Gasteiger partial charge in [-0.15, -0.1) is 11.3 Å². The number of thiazole rings is 1. The maximum Gasteiger partial charge on any atom is 0.321 e. The summed E-state index contributed by atoms with van der Waals surface area (Å²) in [6, 6.07) is -0.675. The van der Waals surface area contributed by atoms with Crippen LogP contribution >= 0.6 is 11.3 Å². The second-order valence-electron chi connectivity index (χ2n) is 5.13. The molecule has 2 N–H and O–H groups in total. The Labute approximate surface area is 126 Å². The number of hydrogen-bond donors (Lipinski definition) is 2. The fraction of sp³-hybridized carbons (Fsp3) is 0.538. The Morgan fingerprint density at radius 1 is 1.48 bits per heavy atom. The van der Waals surface area contributed by atoms with Gasteiger partial charge in [0, 0.05) is 17.5 Å². The molecule has 1 saturated carbocycles. The average Bonchev–Trinajstić information content (AvgIpc) is 3.20. The van der Waals surface area contributed by atoms with Gasteiger partial charge in [-0.05, 0) is 19.8 Å². The van der Waals surface area contributed by atoms with Crippen molar-refractivity contribution >= 4 is 22.5 Å². The minimum atomic E-state index is -0.340. The lowest BCUT2D eigenvalue weighted by atomic mass is 10.1. The Bertz CT molecular complexity index is 591. The molecule has 1 aliphatic carbocycles. The van der Waals surface area contributed by atoms with E-state index in [1.54, 1.807) is 11.6 Å². The van der Waals surface area contributed by atoms with E-state index in [1.165, 1.54) is 24.2 Å². The third-order valence-electron chi connectivity index (χ3n) is 3.55. The average molecular weight is 307 g/mol. The highest BCUT2D eigenvalue weighted by atomic mass is 32.1. The number of urea groups is 1. The minimum Gasteiger partial charge on any atom is -0.337 e. The van der Waals surface area contributed by atoms with Crippen molar-refractivity contribution in [2.75, 3.05) is 5.32 Å². The fourth-order valence-electron chi connectivity index (χ4n) is 2.45. The largest absolute Gasteiger partial charge is 0.337 e. The highest BCUT2D eigenvalue weighted by Crippen LogP contribution is 2.32. The Morgan fingerprint density at radius 2 is 2.29 bits per heavy atom. The van der Waals surface area contributed by atoms with Crippen LogP contribution in [0.5, 0.6) is 0 Å². The molecule has 8 heteroatoms. The van der Waals surface area contributed by atoms with Crippen LogP contribution in [0, 0.1) is 0 Å². The van der Waals surface area contributed by atoms with Gasteiger partial charge in [-0.3, -0.25) is 5.32 Å². The Hall–Kier alpha value is -1.96. The lowest BCUT2D eigenvalue weighted by molar-refractivity contribution is 0.245. The van der Waals surface area contributed by atoms with Crippen LogP contribution in [0.3, 0.4) is 0 Å². The van der Waals surface area contributed by atoms with Crippen LogP contribution in [0.1, 0.15) is 56.3 Å².